The molecule has 84 valence electrons. The van der Waals surface area contributed by atoms with Crippen LogP contribution in [0.2, 0.25) is 0 Å². The van der Waals surface area contributed by atoms with Gasteiger partial charge in [-0.25, -0.2) is 8.78 Å². The molecule has 15 heavy (non-hydrogen) atoms. The summed E-state index contributed by atoms with van der Waals surface area (Å²) >= 11 is 0. The van der Waals surface area contributed by atoms with Crippen LogP contribution in [0.3, 0.4) is 0 Å². The van der Waals surface area contributed by atoms with Gasteiger partial charge in [0.15, 0.2) is 0 Å². The molecule has 1 atom stereocenters. The quantitative estimate of drug-likeness (QED) is 0.783. The maximum Gasteiger partial charge on any atom is 0.250 e. The highest BCUT2D eigenvalue weighted by molar-refractivity contribution is 5.23. The fraction of sp³-hybridized carbons (Fsp3) is 0.455. The molecule has 0 saturated carbocycles. The van der Waals surface area contributed by atoms with Crippen LogP contribution in [0.15, 0.2) is 30.3 Å². The Kier molecular flexibility index (Phi) is 4.17. The molecule has 0 spiro atoms. The Morgan fingerprint density at radius 2 is 1.93 bits per heavy atom. The molecule has 0 bridgehead atoms. The SMILES string of the molecule is CC(N)(CNCC(F)F)c1ccccc1. The molecule has 0 aliphatic rings. The largest absolute Gasteiger partial charge is 0.321 e. The van der Waals surface area contributed by atoms with Crippen molar-refractivity contribution < 1.29 is 8.78 Å². The van der Waals surface area contributed by atoms with E-state index in [9.17, 15) is 8.78 Å². The lowest BCUT2D eigenvalue weighted by Crippen LogP contribution is -2.44. The van der Waals surface area contributed by atoms with E-state index in [-0.39, 0.29) is 6.54 Å². The number of halogens is 2. The van der Waals surface area contributed by atoms with Crippen LogP contribution in [0, 0.1) is 0 Å². The van der Waals surface area contributed by atoms with Crippen molar-refractivity contribution in [1.29, 1.82) is 0 Å². The lowest BCUT2D eigenvalue weighted by atomic mass is 9.93. The van der Waals surface area contributed by atoms with Gasteiger partial charge in [0.1, 0.15) is 0 Å². The third kappa shape index (κ3) is 3.93. The van der Waals surface area contributed by atoms with Gasteiger partial charge in [0, 0.05) is 6.54 Å². The van der Waals surface area contributed by atoms with E-state index in [1.807, 2.05) is 37.3 Å². The molecule has 0 aliphatic carbocycles. The molecular formula is C11H16F2N2. The predicted molar refractivity (Wildman–Crippen MR) is 56.9 cm³/mol. The van der Waals surface area contributed by atoms with Crippen molar-refractivity contribution in [1.82, 2.24) is 5.32 Å². The van der Waals surface area contributed by atoms with Gasteiger partial charge in [0.05, 0.1) is 12.1 Å². The molecule has 3 N–H and O–H groups in total. The van der Waals surface area contributed by atoms with E-state index in [2.05, 4.69) is 5.32 Å². The number of hydrogen-bond acceptors (Lipinski definition) is 2. The van der Waals surface area contributed by atoms with Gasteiger partial charge in [-0.1, -0.05) is 30.3 Å². The molecule has 2 nitrogen and oxygen atoms in total. The second-order valence-corrected chi connectivity index (χ2v) is 3.81. The lowest BCUT2D eigenvalue weighted by Gasteiger charge is -2.25. The summed E-state index contributed by atoms with van der Waals surface area (Å²) in [5.41, 5.74) is 6.34. The van der Waals surface area contributed by atoms with E-state index in [0.29, 0.717) is 6.54 Å². The molecule has 0 amide bonds. The minimum Gasteiger partial charge on any atom is -0.321 e. The topological polar surface area (TPSA) is 38.0 Å². The third-order valence-corrected chi connectivity index (χ3v) is 2.22. The van der Waals surface area contributed by atoms with Crippen LogP contribution in [0.4, 0.5) is 8.78 Å². The highest BCUT2D eigenvalue weighted by Gasteiger charge is 2.20. The average Bonchev–Trinajstić information content (AvgIpc) is 2.18. The number of nitrogens with one attached hydrogen (secondary N) is 1. The van der Waals surface area contributed by atoms with Crippen molar-refractivity contribution in [2.75, 3.05) is 13.1 Å². The standard InChI is InChI=1S/C11H16F2N2/c1-11(14,8-15-7-10(12)13)9-5-3-2-4-6-9/h2-6,10,15H,7-8,14H2,1H3. The van der Waals surface area contributed by atoms with E-state index < -0.39 is 12.0 Å². The second-order valence-electron chi connectivity index (χ2n) is 3.81. The van der Waals surface area contributed by atoms with Gasteiger partial charge in [-0.15, -0.1) is 0 Å². The molecular weight excluding hydrogens is 198 g/mol. The Morgan fingerprint density at radius 1 is 1.33 bits per heavy atom. The minimum absolute atomic E-state index is 0.320. The van der Waals surface area contributed by atoms with Gasteiger partial charge in [0.25, 0.3) is 6.43 Å². The maximum atomic E-state index is 11.9. The summed E-state index contributed by atoms with van der Waals surface area (Å²) in [6, 6.07) is 9.45. The van der Waals surface area contributed by atoms with Crippen molar-refractivity contribution in [3.8, 4) is 0 Å². The van der Waals surface area contributed by atoms with E-state index in [1.165, 1.54) is 0 Å². The fourth-order valence-corrected chi connectivity index (χ4v) is 1.36. The Balaban J connectivity index is 2.52. The van der Waals surface area contributed by atoms with Gasteiger partial charge < -0.3 is 11.1 Å². The number of benzene rings is 1. The number of hydrogen-bond donors (Lipinski definition) is 2. The van der Waals surface area contributed by atoms with Crippen molar-refractivity contribution in [3.63, 3.8) is 0 Å². The second kappa shape index (κ2) is 5.19. The number of rotatable bonds is 5. The van der Waals surface area contributed by atoms with Crippen molar-refractivity contribution in [3.05, 3.63) is 35.9 Å². The summed E-state index contributed by atoms with van der Waals surface area (Å²) < 4.78 is 23.8. The van der Waals surface area contributed by atoms with Crippen molar-refractivity contribution in [2.45, 2.75) is 18.9 Å². The third-order valence-electron chi connectivity index (χ3n) is 2.22. The van der Waals surface area contributed by atoms with Crippen molar-refractivity contribution in [2.24, 2.45) is 5.73 Å². The molecule has 1 rings (SSSR count). The molecule has 0 aliphatic heterocycles. The number of nitrogens with two attached hydrogens (primary N) is 1. The van der Waals surface area contributed by atoms with Gasteiger partial charge >= 0.3 is 0 Å². The van der Waals surface area contributed by atoms with Gasteiger partial charge in [-0.05, 0) is 12.5 Å². The normalized spacial score (nSPS) is 15.3. The molecule has 0 aromatic heterocycles. The summed E-state index contributed by atoms with van der Waals surface area (Å²) in [6.45, 7) is 1.84. The average molecular weight is 214 g/mol. The first kappa shape index (κ1) is 12.1. The molecule has 0 saturated heterocycles. The van der Waals surface area contributed by atoms with Crippen molar-refractivity contribution >= 4 is 0 Å². The summed E-state index contributed by atoms with van der Waals surface area (Å²) in [6.07, 6.45) is -2.34. The van der Waals surface area contributed by atoms with Crippen LogP contribution in [0.5, 0.6) is 0 Å². The van der Waals surface area contributed by atoms with Crippen LogP contribution in [-0.4, -0.2) is 19.5 Å². The zero-order valence-electron chi connectivity index (χ0n) is 8.71. The molecule has 0 fully saturated rings. The van der Waals surface area contributed by atoms with Crippen LogP contribution >= 0.6 is 0 Å². The molecule has 4 heteroatoms. The highest BCUT2D eigenvalue weighted by Crippen LogP contribution is 2.15. The first-order valence-corrected chi connectivity index (χ1v) is 4.85. The maximum absolute atomic E-state index is 11.9. The minimum atomic E-state index is -2.34. The summed E-state index contributed by atoms with van der Waals surface area (Å²) in [4.78, 5) is 0. The summed E-state index contributed by atoms with van der Waals surface area (Å²) in [5.74, 6) is 0. The molecule has 1 aromatic carbocycles. The highest BCUT2D eigenvalue weighted by atomic mass is 19.3. The Bertz CT molecular complexity index is 286. The van der Waals surface area contributed by atoms with Gasteiger partial charge in [0.2, 0.25) is 0 Å². The zero-order chi connectivity index (χ0) is 11.3. The first-order chi connectivity index (χ1) is 7.02. The monoisotopic (exact) mass is 214 g/mol. The predicted octanol–water partition coefficient (Wildman–Crippen LogP) is 1.72. The zero-order valence-corrected chi connectivity index (χ0v) is 8.71. The summed E-state index contributed by atoms with van der Waals surface area (Å²) in [7, 11) is 0. The summed E-state index contributed by atoms with van der Waals surface area (Å²) in [5, 5.41) is 2.65. The Labute approximate surface area is 88.5 Å². The van der Waals surface area contributed by atoms with Gasteiger partial charge in [-0.2, -0.15) is 0 Å². The smallest absolute Gasteiger partial charge is 0.250 e. The van der Waals surface area contributed by atoms with Crippen LogP contribution in [0.25, 0.3) is 0 Å². The van der Waals surface area contributed by atoms with E-state index >= 15 is 0 Å². The first-order valence-electron chi connectivity index (χ1n) is 4.85. The van der Waals surface area contributed by atoms with Crippen LogP contribution in [-0.2, 0) is 5.54 Å². The molecule has 0 heterocycles. The van der Waals surface area contributed by atoms with E-state index in [4.69, 9.17) is 5.73 Å². The molecule has 1 unspecified atom stereocenters. The lowest BCUT2D eigenvalue weighted by molar-refractivity contribution is 0.143. The van der Waals surface area contributed by atoms with Crippen LogP contribution < -0.4 is 11.1 Å². The van der Waals surface area contributed by atoms with Gasteiger partial charge in [-0.3, -0.25) is 0 Å². The van der Waals surface area contributed by atoms with E-state index in [1.54, 1.807) is 0 Å². The Morgan fingerprint density at radius 3 is 2.47 bits per heavy atom. The molecule has 0 radical (unpaired) electrons. The number of alkyl halides is 2. The fourth-order valence-electron chi connectivity index (χ4n) is 1.36. The van der Waals surface area contributed by atoms with Crippen LogP contribution in [0.1, 0.15) is 12.5 Å². The molecule has 1 aromatic rings. The van der Waals surface area contributed by atoms with E-state index in [0.717, 1.165) is 5.56 Å². The Hall–Kier alpha value is -1.00.